The summed E-state index contributed by atoms with van der Waals surface area (Å²) in [4.78, 5) is 0. The summed E-state index contributed by atoms with van der Waals surface area (Å²) in [5, 5.41) is 8.78. The van der Waals surface area contributed by atoms with Gasteiger partial charge in [0.15, 0.2) is 0 Å². The van der Waals surface area contributed by atoms with E-state index in [0.29, 0.717) is 0 Å². The van der Waals surface area contributed by atoms with Gasteiger partial charge >= 0.3 is 0 Å². The number of nitrogens with one attached hydrogen (secondary N) is 1. The summed E-state index contributed by atoms with van der Waals surface area (Å²) in [6.45, 7) is 1.94. The van der Waals surface area contributed by atoms with Crippen molar-refractivity contribution in [3.8, 4) is 11.3 Å². The molecule has 96 valence electrons. The van der Waals surface area contributed by atoms with Crippen LogP contribution in [0.3, 0.4) is 0 Å². The first-order valence-electron chi connectivity index (χ1n) is 5.77. The zero-order valence-corrected chi connectivity index (χ0v) is 11.7. The molecule has 0 saturated heterocycles. The maximum absolute atomic E-state index is 5.91. The molecule has 0 aliphatic carbocycles. The molecule has 3 rings (SSSR count). The van der Waals surface area contributed by atoms with E-state index in [0.717, 1.165) is 35.8 Å². The summed E-state index contributed by atoms with van der Waals surface area (Å²) >= 11 is 5.91. The highest BCUT2D eigenvalue weighted by Crippen LogP contribution is 2.27. The molecule has 2 aromatic rings. The predicted molar refractivity (Wildman–Crippen MR) is 76.3 cm³/mol. The Kier molecular flexibility index (Phi) is 3.95. The third-order valence-corrected chi connectivity index (χ3v) is 3.48. The molecule has 0 atom stereocenters. The van der Waals surface area contributed by atoms with Crippen molar-refractivity contribution in [2.24, 2.45) is 7.05 Å². The van der Waals surface area contributed by atoms with Crippen LogP contribution in [0.15, 0.2) is 24.3 Å². The third-order valence-electron chi connectivity index (χ3n) is 3.23. The van der Waals surface area contributed by atoms with E-state index in [1.165, 1.54) is 11.3 Å². The second kappa shape index (κ2) is 5.31. The molecule has 0 radical (unpaired) electrons. The molecule has 1 aliphatic heterocycles. The molecule has 0 fully saturated rings. The zero-order valence-electron chi connectivity index (χ0n) is 10.1. The van der Waals surface area contributed by atoms with Crippen molar-refractivity contribution in [2.45, 2.75) is 13.0 Å². The minimum atomic E-state index is 0. The number of aryl methyl sites for hydroxylation is 1. The second-order valence-electron chi connectivity index (χ2n) is 4.33. The van der Waals surface area contributed by atoms with Gasteiger partial charge in [-0.2, -0.15) is 5.10 Å². The molecule has 1 aliphatic rings. The minimum Gasteiger partial charge on any atom is -0.312 e. The summed E-state index contributed by atoms with van der Waals surface area (Å²) in [6, 6.07) is 7.88. The molecule has 3 nitrogen and oxygen atoms in total. The van der Waals surface area contributed by atoms with Crippen LogP contribution in [0.5, 0.6) is 0 Å². The average Bonchev–Trinajstić information content (AvgIpc) is 2.69. The van der Waals surface area contributed by atoms with E-state index in [-0.39, 0.29) is 12.4 Å². The Bertz CT molecular complexity index is 546. The van der Waals surface area contributed by atoms with Crippen LogP contribution in [0.2, 0.25) is 5.02 Å². The quantitative estimate of drug-likeness (QED) is 0.872. The number of hydrogen-bond donors (Lipinski definition) is 1. The van der Waals surface area contributed by atoms with Crippen LogP contribution in [0.25, 0.3) is 11.3 Å². The van der Waals surface area contributed by atoms with E-state index < -0.39 is 0 Å². The number of hydrogen-bond acceptors (Lipinski definition) is 2. The van der Waals surface area contributed by atoms with Gasteiger partial charge in [-0.05, 0) is 12.1 Å². The van der Waals surface area contributed by atoms with Crippen LogP contribution in [0.4, 0.5) is 0 Å². The van der Waals surface area contributed by atoms with E-state index in [1.54, 1.807) is 0 Å². The van der Waals surface area contributed by atoms with Gasteiger partial charge in [0.2, 0.25) is 0 Å². The molecular formula is C13H15Cl2N3. The third kappa shape index (κ3) is 2.26. The van der Waals surface area contributed by atoms with E-state index in [4.69, 9.17) is 11.6 Å². The fraction of sp³-hybridized carbons (Fsp3) is 0.308. The zero-order chi connectivity index (χ0) is 11.8. The first kappa shape index (κ1) is 13.4. The van der Waals surface area contributed by atoms with Gasteiger partial charge in [-0.15, -0.1) is 12.4 Å². The van der Waals surface area contributed by atoms with Crippen molar-refractivity contribution < 1.29 is 0 Å². The number of benzene rings is 1. The first-order chi connectivity index (χ1) is 8.25. The fourth-order valence-electron chi connectivity index (χ4n) is 2.36. The highest BCUT2D eigenvalue weighted by atomic mass is 35.5. The van der Waals surface area contributed by atoms with E-state index in [1.807, 2.05) is 36.0 Å². The lowest BCUT2D eigenvalue weighted by Gasteiger charge is -2.14. The molecule has 0 unspecified atom stereocenters. The largest absolute Gasteiger partial charge is 0.312 e. The summed E-state index contributed by atoms with van der Waals surface area (Å²) in [5.41, 5.74) is 4.87. The van der Waals surface area contributed by atoms with Crippen LogP contribution in [0, 0.1) is 0 Å². The number of nitrogens with zero attached hydrogens (tertiary/aromatic N) is 2. The monoisotopic (exact) mass is 283 g/mol. The van der Waals surface area contributed by atoms with Gasteiger partial charge in [0.05, 0.1) is 5.69 Å². The lowest BCUT2D eigenvalue weighted by molar-refractivity contribution is 0.604. The average molecular weight is 284 g/mol. The van der Waals surface area contributed by atoms with Crippen LogP contribution in [-0.4, -0.2) is 16.3 Å². The number of rotatable bonds is 1. The molecule has 2 heterocycles. The van der Waals surface area contributed by atoms with E-state index in [9.17, 15) is 0 Å². The van der Waals surface area contributed by atoms with Crippen molar-refractivity contribution >= 4 is 24.0 Å². The Morgan fingerprint density at radius 2 is 2.00 bits per heavy atom. The molecule has 18 heavy (non-hydrogen) atoms. The molecule has 1 aromatic carbocycles. The summed E-state index contributed by atoms with van der Waals surface area (Å²) in [6.07, 6.45) is 1.05. The van der Waals surface area contributed by atoms with Gasteiger partial charge in [0.1, 0.15) is 0 Å². The molecule has 0 amide bonds. The summed E-state index contributed by atoms with van der Waals surface area (Å²) < 4.78 is 2.00. The van der Waals surface area contributed by atoms with Crippen molar-refractivity contribution in [1.29, 1.82) is 0 Å². The Morgan fingerprint density at radius 3 is 2.72 bits per heavy atom. The Labute approximate surface area is 118 Å². The van der Waals surface area contributed by atoms with Gasteiger partial charge in [0.25, 0.3) is 0 Å². The van der Waals surface area contributed by atoms with Crippen molar-refractivity contribution in [2.75, 3.05) is 6.54 Å². The SMILES string of the molecule is Cl.Cn1nc(-c2ccc(Cl)cc2)c2c1CCNC2. The molecule has 0 saturated carbocycles. The number of fused-ring (bicyclic) bond motifs is 1. The fourth-order valence-corrected chi connectivity index (χ4v) is 2.49. The van der Waals surface area contributed by atoms with E-state index >= 15 is 0 Å². The van der Waals surface area contributed by atoms with Gasteiger partial charge in [0, 0.05) is 48.4 Å². The van der Waals surface area contributed by atoms with Crippen molar-refractivity contribution in [3.05, 3.63) is 40.5 Å². The summed E-state index contributed by atoms with van der Waals surface area (Å²) in [5.74, 6) is 0. The Hall–Kier alpha value is -1.03. The molecule has 1 N–H and O–H groups in total. The first-order valence-corrected chi connectivity index (χ1v) is 6.15. The van der Waals surface area contributed by atoms with Gasteiger partial charge in [-0.3, -0.25) is 4.68 Å². The molecular weight excluding hydrogens is 269 g/mol. The minimum absolute atomic E-state index is 0. The van der Waals surface area contributed by atoms with Crippen LogP contribution in [-0.2, 0) is 20.0 Å². The maximum atomic E-state index is 5.91. The topological polar surface area (TPSA) is 29.9 Å². The highest BCUT2D eigenvalue weighted by Gasteiger charge is 2.19. The summed E-state index contributed by atoms with van der Waals surface area (Å²) in [7, 11) is 2.02. The second-order valence-corrected chi connectivity index (χ2v) is 4.77. The van der Waals surface area contributed by atoms with Crippen molar-refractivity contribution in [1.82, 2.24) is 15.1 Å². The highest BCUT2D eigenvalue weighted by molar-refractivity contribution is 6.30. The Morgan fingerprint density at radius 1 is 1.28 bits per heavy atom. The van der Waals surface area contributed by atoms with Gasteiger partial charge < -0.3 is 5.32 Å². The molecule has 1 aromatic heterocycles. The predicted octanol–water partition coefficient (Wildman–Crippen LogP) is 2.81. The number of aromatic nitrogens is 2. The van der Waals surface area contributed by atoms with Gasteiger partial charge in [-0.1, -0.05) is 23.7 Å². The number of halogens is 2. The van der Waals surface area contributed by atoms with Gasteiger partial charge in [-0.25, -0.2) is 0 Å². The smallest absolute Gasteiger partial charge is 0.0970 e. The molecule has 5 heteroatoms. The molecule has 0 spiro atoms. The van der Waals surface area contributed by atoms with Crippen LogP contribution >= 0.6 is 24.0 Å². The lowest BCUT2D eigenvalue weighted by Crippen LogP contribution is -2.24. The Balaban J connectivity index is 0.00000120. The van der Waals surface area contributed by atoms with E-state index in [2.05, 4.69) is 10.4 Å². The maximum Gasteiger partial charge on any atom is 0.0970 e. The normalized spacial score (nSPS) is 13.9. The standard InChI is InChI=1S/C13H14ClN3.ClH/c1-17-12-6-7-15-8-11(12)13(16-17)9-2-4-10(14)5-3-9;/h2-5,15H,6-8H2,1H3;1H. The van der Waals surface area contributed by atoms with Crippen LogP contribution in [0.1, 0.15) is 11.3 Å². The van der Waals surface area contributed by atoms with Crippen molar-refractivity contribution in [3.63, 3.8) is 0 Å². The molecule has 0 bridgehead atoms. The van der Waals surface area contributed by atoms with Crippen LogP contribution < -0.4 is 5.32 Å². The lowest BCUT2D eigenvalue weighted by atomic mass is 10.0.